The lowest BCUT2D eigenvalue weighted by molar-refractivity contribution is 0.0511. The van der Waals surface area contributed by atoms with Gasteiger partial charge < -0.3 is 9.84 Å². The van der Waals surface area contributed by atoms with Gasteiger partial charge in [0.1, 0.15) is 5.75 Å². The molecule has 3 nitrogen and oxygen atoms in total. The lowest BCUT2D eigenvalue weighted by Crippen LogP contribution is -2.31. The highest BCUT2D eigenvalue weighted by molar-refractivity contribution is 5.37. The van der Waals surface area contributed by atoms with Crippen molar-refractivity contribution in [2.45, 2.75) is 32.7 Å². The van der Waals surface area contributed by atoms with Crippen molar-refractivity contribution in [3.8, 4) is 5.75 Å². The summed E-state index contributed by atoms with van der Waals surface area (Å²) < 4.78 is 5.40. The van der Waals surface area contributed by atoms with E-state index in [4.69, 9.17) is 4.74 Å². The van der Waals surface area contributed by atoms with Crippen LogP contribution in [0, 0.1) is 12.8 Å². The second-order valence-corrected chi connectivity index (χ2v) is 5.73. The smallest absolute Gasteiger partial charge is 0.120 e. The fourth-order valence-corrected chi connectivity index (χ4v) is 2.74. The molecule has 1 unspecified atom stereocenters. The zero-order chi connectivity index (χ0) is 13.8. The summed E-state index contributed by atoms with van der Waals surface area (Å²) in [4.78, 5) is 2.33. The molecular formula is C16H25NO2. The monoisotopic (exact) mass is 263 g/mol. The summed E-state index contributed by atoms with van der Waals surface area (Å²) in [7, 11) is 2.14. The van der Waals surface area contributed by atoms with E-state index in [0.717, 1.165) is 43.7 Å². The Morgan fingerprint density at radius 1 is 1.37 bits per heavy atom. The molecule has 1 N–H and O–H groups in total. The Balaban J connectivity index is 1.99. The van der Waals surface area contributed by atoms with Crippen LogP contribution in [0.5, 0.6) is 5.75 Å². The third kappa shape index (κ3) is 3.71. The van der Waals surface area contributed by atoms with Gasteiger partial charge in [0.15, 0.2) is 0 Å². The van der Waals surface area contributed by atoms with Gasteiger partial charge in [0, 0.05) is 31.4 Å². The molecular weight excluding hydrogens is 238 g/mol. The summed E-state index contributed by atoms with van der Waals surface area (Å²) in [6.07, 6.45) is 2.30. The summed E-state index contributed by atoms with van der Waals surface area (Å²) >= 11 is 0. The van der Waals surface area contributed by atoms with Gasteiger partial charge >= 0.3 is 0 Å². The van der Waals surface area contributed by atoms with Crippen molar-refractivity contribution < 1.29 is 9.84 Å². The molecule has 0 saturated carbocycles. The van der Waals surface area contributed by atoms with Crippen molar-refractivity contribution in [2.75, 3.05) is 26.8 Å². The Hall–Kier alpha value is -1.06. The topological polar surface area (TPSA) is 32.7 Å². The van der Waals surface area contributed by atoms with Gasteiger partial charge in [-0.1, -0.05) is 12.1 Å². The van der Waals surface area contributed by atoms with Crippen LogP contribution in [0.3, 0.4) is 0 Å². The third-order valence-corrected chi connectivity index (χ3v) is 4.18. The quantitative estimate of drug-likeness (QED) is 0.906. The molecule has 0 aliphatic carbocycles. The summed E-state index contributed by atoms with van der Waals surface area (Å²) in [5.41, 5.74) is 2.11. The molecule has 0 aromatic heterocycles. The molecule has 2 rings (SSSR count). The van der Waals surface area contributed by atoms with Crippen LogP contribution in [0.25, 0.3) is 0 Å². The Morgan fingerprint density at radius 3 is 2.68 bits per heavy atom. The van der Waals surface area contributed by atoms with Gasteiger partial charge in [0.2, 0.25) is 0 Å². The van der Waals surface area contributed by atoms with E-state index in [1.165, 1.54) is 0 Å². The van der Waals surface area contributed by atoms with E-state index in [1.54, 1.807) is 0 Å². The fourth-order valence-electron chi connectivity index (χ4n) is 2.74. The first-order valence-corrected chi connectivity index (χ1v) is 7.15. The third-order valence-electron chi connectivity index (χ3n) is 4.18. The van der Waals surface area contributed by atoms with Crippen molar-refractivity contribution in [1.82, 2.24) is 4.90 Å². The summed E-state index contributed by atoms with van der Waals surface area (Å²) in [6.45, 7) is 7.01. The van der Waals surface area contributed by atoms with Gasteiger partial charge in [0.05, 0.1) is 0 Å². The van der Waals surface area contributed by atoms with Crippen LogP contribution in [0.2, 0.25) is 0 Å². The normalized spacial score (nSPS) is 18.7. The number of ether oxygens (including phenoxy) is 1. The van der Waals surface area contributed by atoms with Crippen LogP contribution >= 0.6 is 0 Å². The molecule has 1 aliphatic rings. The van der Waals surface area contributed by atoms with Gasteiger partial charge in [-0.25, -0.2) is 0 Å². The van der Waals surface area contributed by atoms with Crippen molar-refractivity contribution in [3.63, 3.8) is 0 Å². The molecule has 0 bridgehead atoms. The van der Waals surface area contributed by atoms with Crippen molar-refractivity contribution in [2.24, 2.45) is 5.92 Å². The molecule has 1 atom stereocenters. The van der Waals surface area contributed by atoms with Gasteiger partial charge in [-0.2, -0.15) is 0 Å². The molecule has 1 saturated heterocycles. The highest BCUT2D eigenvalue weighted by Crippen LogP contribution is 2.29. The van der Waals surface area contributed by atoms with Gasteiger partial charge in [-0.15, -0.1) is 0 Å². The van der Waals surface area contributed by atoms with Crippen LogP contribution in [0.15, 0.2) is 18.2 Å². The second kappa shape index (κ2) is 6.40. The number of benzene rings is 1. The highest BCUT2D eigenvalue weighted by Gasteiger charge is 2.20. The first kappa shape index (κ1) is 14.4. The van der Waals surface area contributed by atoms with Crippen LogP contribution < -0.4 is 0 Å². The molecule has 106 valence electrons. The van der Waals surface area contributed by atoms with Crippen LogP contribution in [-0.2, 0) is 4.74 Å². The summed E-state index contributed by atoms with van der Waals surface area (Å²) in [6, 6.07) is 6.18. The Labute approximate surface area is 116 Å². The molecule has 1 heterocycles. The Morgan fingerprint density at radius 2 is 2.05 bits per heavy atom. The van der Waals surface area contributed by atoms with E-state index in [2.05, 4.69) is 24.9 Å². The minimum atomic E-state index is 0.239. The largest absolute Gasteiger partial charge is 0.508 e. The highest BCUT2D eigenvalue weighted by atomic mass is 16.5. The zero-order valence-electron chi connectivity index (χ0n) is 12.2. The number of aryl methyl sites for hydroxylation is 1. The molecule has 0 spiro atoms. The predicted octanol–water partition coefficient (Wildman–Crippen LogP) is 3.12. The number of hydrogen-bond acceptors (Lipinski definition) is 3. The zero-order valence-corrected chi connectivity index (χ0v) is 12.2. The van der Waals surface area contributed by atoms with E-state index in [-0.39, 0.29) is 6.04 Å². The maximum atomic E-state index is 10.1. The van der Waals surface area contributed by atoms with E-state index in [0.29, 0.717) is 11.7 Å². The van der Waals surface area contributed by atoms with Crippen molar-refractivity contribution in [3.05, 3.63) is 29.3 Å². The fraction of sp³-hybridized carbons (Fsp3) is 0.625. The molecule has 1 aliphatic heterocycles. The average molecular weight is 263 g/mol. The average Bonchev–Trinajstić information content (AvgIpc) is 2.39. The standard InChI is InChI=1S/C16H25NO2/c1-12-4-5-15(16(18)10-12)13(2)17(3)11-14-6-8-19-9-7-14/h4-5,10,13-14,18H,6-9,11H2,1-3H3. The molecule has 1 fully saturated rings. The number of phenols is 1. The maximum absolute atomic E-state index is 10.1. The van der Waals surface area contributed by atoms with E-state index in [9.17, 15) is 5.11 Å². The van der Waals surface area contributed by atoms with Crippen molar-refractivity contribution >= 4 is 0 Å². The second-order valence-electron chi connectivity index (χ2n) is 5.73. The number of rotatable bonds is 4. The summed E-state index contributed by atoms with van der Waals surface area (Å²) in [5, 5.41) is 10.1. The van der Waals surface area contributed by atoms with E-state index >= 15 is 0 Å². The molecule has 3 heteroatoms. The minimum absolute atomic E-state index is 0.239. The van der Waals surface area contributed by atoms with Gasteiger partial charge in [-0.05, 0) is 51.3 Å². The minimum Gasteiger partial charge on any atom is -0.508 e. The van der Waals surface area contributed by atoms with Gasteiger partial charge in [-0.3, -0.25) is 4.90 Å². The Kier molecular flexibility index (Phi) is 4.83. The molecule has 1 aromatic rings. The molecule has 0 amide bonds. The van der Waals surface area contributed by atoms with Crippen LogP contribution in [-0.4, -0.2) is 36.8 Å². The van der Waals surface area contributed by atoms with Gasteiger partial charge in [0.25, 0.3) is 0 Å². The molecule has 0 radical (unpaired) electrons. The number of phenolic OH excluding ortho intramolecular Hbond substituents is 1. The first-order chi connectivity index (χ1) is 9.08. The maximum Gasteiger partial charge on any atom is 0.120 e. The molecule has 19 heavy (non-hydrogen) atoms. The summed E-state index contributed by atoms with van der Waals surface area (Å²) in [5.74, 6) is 1.13. The van der Waals surface area contributed by atoms with Crippen molar-refractivity contribution in [1.29, 1.82) is 0 Å². The van der Waals surface area contributed by atoms with E-state index in [1.807, 2.05) is 19.1 Å². The number of hydrogen-bond donors (Lipinski definition) is 1. The van der Waals surface area contributed by atoms with Crippen LogP contribution in [0.1, 0.15) is 36.9 Å². The first-order valence-electron chi connectivity index (χ1n) is 7.15. The van der Waals surface area contributed by atoms with Crippen LogP contribution in [0.4, 0.5) is 0 Å². The number of aromatic hydroxyl groups is 1. The lowest BCUT2D eigenvalue weighted by atomic mass is 9.97. The van der Waals surface area contributed by atoms with E-state index < -0.39 is 0 Å². The molecule has 1 aromatic carbocycles. The Bertz CT molecular complexity index is 413. The SMILES string of the molecule is Cc1ccc(C(C)N(C)CC2CCOCC2)c(O)c1. The predicted molar refractivity (Wildman–Crippen MR) is 77.4 cm³/mol. The lowest BCUT2D eigenvalue weighted by Gasteiger charge is -2.31. The number of nitrogens with zero attached hydrogens (tertiary/aromatic N) is 1.